The molecule has 0 saturated carbocycles. The Kier molecular flexibility index (Phi) is 4.45. The minimum Gasteiger partial charge on any atom is -0.334 e. The van der Waals surface area contributed by atoms with E-state index in [1.54, 1.807) is 0 Å². The fourth-order valence-electron chi connectivity index (χ4n) is 2.83. The minimum atomic E-state index is -3.50. The van der Waals surface area contributed by atoms with Crippen molar-refractivity contribution in [2.45, 2.75) is 10.1 Å². The second-order valence-electron chi connectivity index (χ2n) is 6.19. The third-order valence-electron chi connectivity index (χ3n) is 4.41. The first-order valence-electron chi connectivity index (χ1n) is 8.21. The molecule has 138 valence electrons. The molecule has 0 bridgehead atoms. The van der Waals surface area contributed by atoms with E-state index >= 15 is 0 Å². The Morgan fingerprint density at radius 1 is 1.04 bits per heavy atom. The van der Waals surface area contributed by atoms with Crippen LogP contribution in [0.1, 0.15) is 10.5 Å². The average molecular weight is 403 g/mol. The summed E-state index contributed by atoms with van der Waals surface area (Å²) in [6, 6.07) is 15.3. The molecular formula is C18H15ClN4O3S. The molecule has 2 aromatic carbocycles. The number of sulfone groups is 1. The first-order valence-corrected chi connectivity index (χ1v) is 10.1. The molecule has 0 unspecified atom stereocenters. The van der Waals surface area contributed by atoms with E-state index in [0.29, 0.717) is 5.02 Å². The fraction of sp³-hybridized carbons (Fsp3) is 0.167. The van der Waals surface area contributed by atoms with Gasteiger partial charge in [0.15, 0.2) is 15.5 Å². The van der Waals surface area contributed by atoms with Gasteiger partial charge >= 0.3 is 0 Å². The first-order chi connectivity index (χ1) is 12.9. The summed E-state index contributed by atoms with van der Waals surface area (Å²) in [4.78, 5) is 15.6. The van der Waals surface area contributed by atoms with Crippen LogP contribution in [0.5, 0.6) is 0 Å². The number of nitrogens with zero attached hydrogens (tertiary/aromatic N) is 4. The van der Waals surface area contributed by atoms with Crippen LogP contribution in [0.25, 0.3) is 5.69 Å². The number of benzene rings is 2. The molecule has 1 aromatic heterocycles. The van der Waals surface area contributed by atoms with Crippen molar-refractivity contribution in [1.82, 2.24) is 19.9 Å². The summed E-state index contributed by atoms with van der Waals surface area (Å²) >= 11 is 5.81. The molecule has 0 aliphatic carbocycles. The zero-order chi connectivity index (χ0) is 19.0. The van der Waals surface area contributed by atoms with Gasteiger partial charge in [0.25, 0.3) is 5.91 Å². The highest BCUT2D eigenvalue weighted by atomic mass is 35.5. The highest BCUT2D eigenvalue weighted by molar-refractivity contribution is 7.92. The maximum Gasteiger partial charge on any atom is 0.276 e. The first kappa shape index (κ1) is 17.7. The SMILES string of the molecule is O=C(c1cnn(-c2ccccc2)n1)N1CC(S(=O)(=O)c2ccc(Cl)cc2)C1. The zero-order valence-corrected chi connectivity index (χ0v) is 15.6. The molecule has 7 nitrogen and oxygen atoms in total. The summed E-state index contributed by atoms with van der Waals surface area (Å²) in [5.74, 6) is -0.334. The predicted octanol–water partition coefficient (Wildman–Crippen LogP) is 2.22. The molecule has 0 N–H and O–H groups in total. The summed E-state index contributed by atoms with van der Waals surface area (Å²) in [5, 5.41) is 8.13. The van der Waals surface area contributed by atoms with Crippen LogP contribution in [0.2, 0.25) is 5.02 Å². The van der Waals surface area contributed by atoms with Crippen molar-refractivity contribution in [3.63, 3.8) is 0 Å². The molecular weight excluding hydrogens is 388 g/mol. The normalized spacial score (nSPS) is 14.8. The second-order valence-corrected chi connectivity index (χ2v) is 8.85. The summed E-state index contributed by atoms with van der Waals surface area (Å²) in [6.45, 7) is 0.254. The standard InChI is InChI=1S/C18H15ClN4O3S/c19-13-6-8-15(9-7-13)27(25,26)16-11-22(12-16)18(24)17-10-20-23(21-17)14-4-2-1-3-5-14/h1-10,16H,11-12H2. The van der Waals surface area contributed by atoms with Crippen LogP contribution in [-0.4, -0.2) is 52.6 Å². The molecule has 0 spiro atoms. The largest absolute Gasteiger partial charge is 0.334 e. The van der Waals surface area contributed by atoms with Crippen molar-refractivity contribution in [3.8, 4) is 5.69 Å². The molecule has 2 heterocycles. The molecule has 0 radical (unpaired) electrons. The lowest BCUT2D eigenvalue weighted by Crippen LogP contribution is -2.56. The third-order valence-corrected chi connectivity index (χ3v) is 6.77. The zero-order valence-electron chi connectivity index (χ0n) is 14.1. The lowest BCUT2D eigenvalue weighted by Gasteiger charge is -2.38. The maximum absolute atomic E-state index is 12.6. The van der Waals surface area contributed by atoms with E-state index in [9.17, 15) is 13.2 Å². The van der Waals surface area contributed by atoms with E-state index in [4.69, 9.17) is 11.6 Å². The molecule has 0 atom stereocenters. The summed E-state index contributed by atoms with van der Waals surface area (Å²) < 4.78 is 25.2. The number of likely N-dealkylation sites (tertiary alicyclic amines) is 1. The van der Waals surface area contributed by atoms with Gasteiger partial charge in [-0.3, -0.25) is 4.79 Å². The Balaban J connectivity index is 1.44. The Bertz CT molecular complexity index is 1080. The van der Waals surface area contributed by atoms with Crippen molar-refractivity contribution in [1.29, 1.82) is 0 Å². The van der Waals surface area contributed by atoms with Crippen molar-refractivity contribution in [2.75, 3.05) is 13.1 Å². The Hall–Kier alpha value is -2.71. The van der Waals surface area contributed by atoms with E-state index in [0.717, 1.165) is 5.69 Å². The van der Waals surface area contributed by atoms with Gasteiger partial charge in [-0.15, -0.1) is 5.10 Å². The van der Waals surface area contributed by atoms with Crippen molar-refractivity contribution >= 4 is 27.3 Å². The summed E-state index contributed by atoms with van der Waals surface area (Å²) in [7, 11) is -3.50. The van der Waals surface area contributed by atoms with E-state index < -0.39 is 15.1 Å². The third kappa shape index (κ3) is 3.33. The monoisotopic (exact) mass is 402 g/mol. The summed E-state index contributed by atoms with van der Waals surface area (Å²) in [6.07, 6.45) is 1.39. The highest BCUT2D eigenvalue weighted by Crippen LogP contribution is 2.25. The van der Waals surface area contributed by atoms with Crippen LogP contribution < -0.4 is 0 Å². The van der Waals surface area contributed by atoms with Crippen LogP contribution in [0.3, 0.4) is 0 Å². The topological polar surface area (TPSA) is 85.2 Å². The average Bonchev–Trinajstić information content (AvgIpc) is 3.11. The molecule has 1 aliphatic rings. The van der Waals surface area contributed by atoms with Crippen LogP contribution in [0, 0.1) is 0 Å². The lowest BCUT2D eigenvalue weighted by molar-refractivity contribution is 0.0652. The molecule has 1 saturated heterocycles. The van der Waals surface area contributed by atoms with Crippen LogP contribution in [-0.2, 0) is 9.84 Å². The van der Waals surface area contributed by atoms with E-state index in [-0.39, 0.29) is 29.6 Å². The van der Waals surface area contributed by atoms with Gasteiger partial charge in [-0.25, -0.2) is 8.42 Å². The second kappa shape index (κ2) is 6.79. The number of amides is 1. The van der Waals surface area contributed by atoms with Gasteiger partial charge in [-0.2, -0.15) is 9.90 Å². The Morgan fingerprint density at radius 3 is 2.37 bits per heavy atom. The number of para-hydroxylation sites is 1. The van der Waals surface area contributed by atoms with Crippen molar-refractivity contribution in [3.05, 3.63) is 71.5 Å². The van der Waals surface area contributed by atoms with Gasteiger partial charge in [0.2, 0.25) is 0 Å². The quantitative estimate of drug-likeness (QED) is 0.668. The molecule has 3 aromatic rings. The van der Waals surface area contributed by atoms with Crippen LogP contribution in [0.4, 0.5) is 0 Å². The number of carbonyl (C=O) groups is 1. The fourth-order valence-corrected chi connectivity index (χ4v) is 4.60. The lowest BCUT2D eigenvalue weighted by atomic mass is 10.2. The number of aromatic nitrogens is 3. The molecule has 1 amide bonds. The van der Waals surface area contributed by atoms with Gasteiger partial charge in [-0.1, -0.05) is 29.8 Å². The van der Waals surface area contributed by atoms with Gasteiger partial charge in [0.1, 0.15) is 5.25 Å². The van der Waals surface area contributed by atoms with Gasteiger partial charge in [-0.05, 0) is 36.4 Å². The molecule has 27 heavy (non-hydrogen) atoms. The molecule has 4 rings (SSSR count). The van der Waals surface area contributed by atoms with Crippen molar-refractivity contribution in [2.24, 2.45) is 0 Å². The van der Waals surface area contributed by atoms with Crippen molar-refractivity contribution < 1.29 is 13.2 Å². The van der Waals surface area contributed by atoms with E-state index in [2.05, 4.69) is 10.2 Å². The predicted molar refractivity (Wildman–Crippen MR) is 99.7 cm³/mol. The molecule has 1 aliphatic heterocycles. The number of rotatable bonds is 4. The molecule has 1 fully saturated rings. The number of halogens is 1. The highest BCUT2D eigenvalue weighted by Gasteiger charge is 2.41. The van der Waals surface area contributed by atoms with Gasteiger partial charge < -0.3 is 4.90 Å². The number of hydrogen-bond donors (Lipinski definition) is 0. The smallest absolute Gasteiger partial charge is 0.276 e. The van der Waals surface area contributed by atoms with Gasteiger partial charge in [0.05, 0.1) is 16.8 Å². The van der Waals surface area contributed by atoms with Crippen LogP contribution in [0.15, 0.2) is 65.7 Å². The Morgan fingerprint density at radius 2 is 1.70 bits per heavy atom. The van der Waals surface area contributed by atoms with Crippen LogP contribution >= 0.6 is 11.6 Å². The minimum absolute atomic E-state index is 0.127. The van der Waals surface area contributed by atoms with Gasteiger partial charge in [0, 0.05) is 18.1 Å². The Labute approximate surface area is 161 Å². The summed E-state index contributed by atoms with van der Waals surface area (Å²) in [5.41, 5.74) is 0.921. The number of hydrogen-bond acceptors (Lipinski definition) is 5. The maximum atomic E-state index is 12.6. The number of carbonyl (C=O) groups excluding carboxylic acids is 1. The van der Waals surface area contributed by atoms with E-state index in [1.807, 2.05) is 30.3 Å². The molecule has 9 heteroatoms. The van der Waals surface area contributed by atoms with E-state index in [1.165, 1.54) is 40.2 Å².